The Balaban J connectivity index is 2.46. The Morgan fingerprint density at radius 1 is 1.60 bits per heavy atom. The highest BCUT2D eigenvalue weighted by Gasteiger charge is 2.13. The maximum absolute atomic E-state index is 10.8. The molecule has 1 N–H and O–H groups in total. The maximum Gasteiger partial charge on any atom is 0.354 e. The van der Waals surface area contributed by atoms with E-state index in [0.29, 0.717) is 5.69 Å². The number of thiophene rings is 1. The smallest absolute Gasteiger partial charge is 0.354 e. The number of aryl methyl sites for hydroxylation is 1. The van der Waals surface area contributed by atoms with Crippen LogP contribution >= 0.6 is 27.3 Å². The minimum Gasteiger partial charge on any atom is -0.477 e. The second-order valence-corrected chi connectivity index (χ2v) is 5.41. The zero-order valence-electron chi connectivity index (χ0n) is 7.77. The van der Waals surface area contributed by atoms with Crippen LogP contribution in [-0.4, -0.2) is 20.9 Å². The molecule has 0 aliphatic carbocycles. The van der Waals surface area contributed by atoms with Gasteiger partial charge in [-0.25, -0.2) is 4.79 Å². The van der Waals surface area contributed by atoms with E-state index in [4.69, 9.17) is 5.11 Å². The number of aromatic nitrogens is 2. The molecule has 0 aliphatic rings. The molecule has 6 heteroatoms. The van der Waals surface area contributed by atoms with Crippen molar-refractivity contribution in [2.45, 2.75) is 0 Å². The van der Waals surface area contributed by atoms with Crippen molar-refractivity contribution >= 4 is 33.2 Å². The van der Waals surface area contributed by atoms with E-state index in [1.807, 2.05) is 12.1 Å². The van der Waals surface area contributed by atoms with Crippen molar-refractivity contribution in [1.82, 2.24) is 9.78 Å². The number of carboxylic acid groups (broad SMARTS) is 1. The van der Waals surface area contributed by atoms with Gasteiger partial charge in [0.1, 0.15) is 11.4 Å². The van der Waals surface area contributed by atoms with Gasteiger partial charge in [0, 0.05) is 7.05 Å². The molecule has 4 nitrogen and oxygen atoms in total. The fourth-order valence-electron chi connectivity index (χ4n) is 1.24. The zero-order valence-corrected chi connectivity index (χ0v) is 10.2. The SMILES string of the molecule is Cn1nc(-c2ccc(Br)s2)cc1C(=O)O. The second-order valence-electron chi connectivity index (χ2n) is 2.95. The molecular weight excluding hydrogens is 280 g/mol. The van der Waals surface area contributed by atoms with Crippen molar-refractivity contribution < 1.29 is 9.90 Å². The van der Waals surface area contributed by atoms with Crippen LogP contribution in [0.5, 0.6) is 0 Å². The number of halogens is 1. The average Bonchev–Trinajstić information content (AvgIpc) is 2.71. The molecule has 0 unspecified atom stereocenters. The normalized spacial score (nSPS) is 10.5. The van der Waals surface area contributed by atoms with Crippen LogP contribution < -0.4 is 0 Å². The highest BCUT2D eigenvalue weighted by molar-refractivity contribution is 9.11. The van der Waals surface area contributed by atoms with Gasteiger partial charge in [0.05, 0.1) is 8.66 Å². The van der Waals surface area contributed by atoms with Crippen molar-refractivity contribution in [3.8, 4) is 10.6 Å². The fraction of sp³-hybridized carbons (Fsp3) is 0.111. The molecule has 2 rings (SSSR count). The summed E-state index contributed by atoms with van der Waals surface area (Å²) in [5.74, 6) is -0.966. The van der Waals surface area contributed by atoms with Crippen LogP contribution in [0.25, 0.3) is 10.6 Å². The monoisotopic (exact) mass is 286 g/mol. The molecular formula is C9H7BrN2O2S. The standard InChI is InChI=1S/C9H7BrN2O2S/c1-12-6(9(13)14)4-5(11-12)7-2-3-8(10)15-7/h2-4H,1H3,(H,13,14). The summed E-state index contributed by atoms with van der Waals surface area (Å²) in [6, 6.07) is 5.39. The number of aromatic carboxylic acids is 1. The average molecular weight is 287 g/mol. The predicted octanol–water partition coefficient (Wildman–Crippen LogP) is 2.61. The van der Waals surface area contributed by atoms with E-state index in [1.54, 1.807) is 13.1 Å². The van der Waals surface area contributed by atoms with E-state index in [2.05, 4.69) is 21.0 Å². The van der Waals surface area contributed by atoms with Gasteiger partial charge in [-0.15, -0.1) is 11.3 Å². The number of rotatable bonds is 2. The second kappa shape index (κ2) is 3.79. The number of carboxylic acids is 1. The quantitative estimate of drug-likeness (QED) is 0.923. The van der Waals surface area contributed by atoms with Crippen molar-refractivity contribution in [2.75, 3.05) is 0 Å². The molecule has 0 saturated heterocycles. The van der Waals surface area contributed by atoms with Gasteiger partial charge < -0.3 is 5.11 Å². The van der Waals surface area contributed by atoms with Crippen LogP contribution in [0.3, 0.4) is 0 Å². The number of hydrogen-bond acceptors (Lipinski definition) is 3. The molecule has 2 heterocycles. The van der Waals surface area contributed by atoms with Crippen LogP contribution in [0.15, 0.2) is 22.0 Å². The zero-order chi connectivity index (χ0) is 11.0. The van der Waals surface area contributed by atoms with Crippen LogP contribution in [-0.2, 0) is 7.05 Å². The van der Waals surface area contributed by atoms with Crippen LogP contribution in [0.1, 0.15) is 10.5 Å². The third-order valence-corrected chi connectivity index (χ3v) is 3.57. The van der Waals surface area contributed by atoms with E-state index in [9.17, 15) is 4.79 Å². The first kappa shape index (κ1) is 10.4. The molecule has 2 aromatic heterocycles. The van der Waals surface area contributed by atoms with Gasteiger partial charge in [-0.2, -0.15) is 5.10 Å². The molecule has 0 amide bonds. The summed E-state index contributed by atoms with van der Waals surface area (Å²) < 4.78 is 2.37. The first-order chi connectivity index (χ1) is 7.08. The summed E-state index contributed by atoms with van der Waals surface area (Å²) in [5, 5.41) is 13.0. The Morgan fingerprint density at radius 3 is 2.80 bits per heavy atom. The number of nitrogens with zero attached hydrogens (tertiary/aromatic N) is 2. The molecule has 0 aromatic carbocycles. The molecule has 0 saturated carbocycles. The molecule has 2 aromatic rings. The van der Waals surface area contributed by atoms with Gasteiger partial charge in [0.15, 0.2) is 0 Å². The first-order valence-electron chi connectivity index (χ1n) is 4.11. The molecule has 15 heavy (non-hydrogen) atoms. The van der Waals surface area contributed by atoms with Crippen molar-refractivity contribution in [1.29, 1.82) is 0 Å². The minimum absolute atomic E-state index is 0.189. The molecule has 0 fully saturated rings. The van der Waals surface area contributed by atoms with Crippen molar-refractivity contribution in [3.63, 3.8) is 0 Å². The largest absolute Gasteiger partial charge is 0.477 e. The van der Waals surface area contributed by atoms with Gasteiger partial charge in [0.2, 0.25) is 0 Å². The Bertz CT molecular complexity index is 518. The highest BCUT2D eigenvalue weighted by Crippen LogP contribution is 2.30. The lowest BCUT2D eigenvalue weighted by atomic mass is 10.3. The maximum atomic E-state index is 10.8. The van der Waals surface area contributed by atoms with Crippen LogP contribution in [0.2, 0.25) is 0 Å². The van der Waals surface area contributed by atoms with Gasteiger partial charge in [0.25, 0.3) is 0 Å². The fourth-order valence-corrected chi connectivity index (χ4v) is 2.58. The summed E-state index contributed by atoms with van der Waals surface area (Å²) in [7, 11) is 1.62. The van der Waals surface area contributed by atoms with Crippen molar-refractivity contribution in [3.05, 3.63) is 27.7 Å². The molecule has 0 radical (unpaired) electrons. The van der Waals surface area contributed by atoms with E-state index in [1.165, 1.54) is 16.0 Å². The first-order valence-corrected chi connectivity index (χ1v) is 5.72. The van der Waals surface area contributed by atoms with E-state index in [-0.39, 0.29) is 5.69 Å². The lowest BCUT2D eigenvalue weighted by molar-refractivity contribution is 0.0685. The Hall–Kier alpha value is -1.14. The molecule has 0 aliphatic heterocycles. The summed E-state index contributed by atoms with van der Waals surface area (Å²) in [6.07, 6.45) is 0. The van der Waals surface area contributed by atoms with Crippen LogP contribution in [0, 0.1) is 0 Å². The predicted molar refractivity (Wildman–Crippen MR) is 61.2 cm³/mol. The lowest BCUT2D eigenvalue weighted by Gasteiger charge is -1.91. The summed E-state index contributed by atoms with van der Waals surface area (Å²) >= 11 is 4.87. The Kier molecular flexibility index (Phi) is 2.62. The molecule has 0 bridgehead atoms. The molecule has 0 atom stereocenters. The third kappa shape index (κ3) is 1.95. The molecule has 78 valence electrons. The Labute approximate surface area is 98.3 Å². The van der Waals surface area contributed by atoms with E-state index >= 15 is 0 Å². The van der Waals surface area contributed by atoms with Gasteiger partial charge in [-0.05, 0) is 34.1 Å². The highest BCUT2D eigenvalue weighted by atomic mass is 79.9. The lowest BCUT2D eigenvalue weighted by Crippen LogP contribution is -2.04. The summed E-state index contributed by atoms with van der Waals surface area (Å²) in [4.78, 5) is 11.8. The number of hydrogen-bond donors (Lipinski definition) is 1. The van der Waals surface area contributed by atoms with E-state index in [0.717, 1.165) is 8.66 Å². The van der Waals surface area contributed by atoms with Crippen molar-refractivity contribution in [2.24, 2.45) is 7.05 Å². The minimum atomic E-state index is -0.966. The van der Waals surface area contributed by atoms with Gasteiger partial charge in [-0.1, -0.05) is 0 Å². The van der Waals surface area contributed by atoms with Gasteiger partial charge >= 0.3 is 5.97 Å². The van der Waals surface area contributed by atoms with Gasteiger partial charge in [-0.3, -0.25) is 4.68 Å². The third-order valence-electron chi connectivity index (χ3n) is 1.92. The Morgan fingerprint density at radius 2 is 2.33 bits per heavy atom. The molecule has 0 spiro atoms. The topological polar surface area (TPSA) is 55.1 Å². The van der Waals surface area contributed by atoms with E-state index < -0.39 is 5.97 Å². The number of carbonyl (C=O) groups is 1. The van der Waals surface area contributed by atoms with Crippen LogP contribution in [0.4, 0.5) is 0 Å². The summed E-state index contributed by atoms with van der Waals surface area (Å²) in [5.41, 5.74) is 0.875. The summed E-state index contributed by atoms with van der Waals surface area (Å²) in [6.45, 7) is 0.